The van der Waals surface area contributed by atoms with Crippen molar-refractivity contribution < 1.29 is 66.7 Å². The lowest BCUT2D eigenvalue weighted by molar-refractivity contribution is -0.183. The van der Waals surface area contributed by atoms with E-state index in [-0.39, 0.29) is 0 Å². The number of ether oxygens (including phenoxy) is 7. The SMILES string of the molecule is COC(=O)C1=C(C(=O)OC)[C@@]2(C(=O)OC)[C@@H](C(=O)OC)[C@H](C(=O)OC)[C@@](C(=O)OC)([C@H]1C(=O)OC)N2Cc1ccccc1. The van der Waals surface area contributed by atoms with Crippen molar-refractivity contribution in [2.45, 2.75) is 17.6 Å². The summed E-state index contributed by atoms with van der Waals surface area (Å²) in [6.07, 6.45) is 0. The number of nitrogens with zero attached hydrogens (tertiary/aromatic N) is 1. The van der Waals surface area contributed by atoms with Crippen LogP contribution >= 0.6 is 0 Å². The minimum atomic E-state index is -2.84. The monoisotopic (exact) mass is 605 g/mol. The molecular weight excluding hydrogens is 574 g/mol. The fraction of sp³-hybridized carbons (Fsp3) is 0.464. The van der Waals surface area contributed by atoms with Crippen molar-refractivity contribution in [3.8, 4) is 0 Å². The van der Waals surface area contributed by atoms with E-state index in [2.05, 4.69) is 0 Å². The zero-order chi connectivity index (χ0) is 32.3. The van der Waals surface area contributed by atoms with E-state index < -0.39 is 88.3 Å². The number of benzene rings is 1. The molecule has 15 heteroatoms. The van der Waals surface area contributed by atoms with Crippen molar-refractivity contribution >= 4 is 41.8 Å². The van der Waals surface area contributed by atoms with Gasteiger partial charge in [-0.25, -0.2) is 19.2 Å². The van der Waals surface area contributed by atoms with Crippen LogP contribution in [0.4, 0.5) is 0 Å². The van der Waals surface area contributed by atoms with Gasteiger partial charge in [-0.2, -0.15) is 0 Å². The highest BCUT2D eigenvalue weighted by atomic mass is 16.6. The first-order valence-electron chi connectivity index (χ1n) is 12.6. The van der Waals surface area contributed by atoms with Crippen molar-refractivity contribution in [3.05, 3.63) is 47.0 Å². The Bertz CT molecular complexity index is 1370. The minimum Gasteiger partial charge on any atom is -0.469 e. The van der Waals surface area contributed by atoms with E-state index in [1.165, 1.54) is 0 Å². The zero-order valence-electron chi connectivity index (χ0n) is 24.5. The lowest BCUT2D eigenvalue weighted by atomic mass is 9.68. The molecule has 0 saturated carbocycles. The third kappa shape index (κ3) is 4.50. The van der Waals surface area contributed by atoms with Crippen LogP contribution in [0.1, 0.15) is 5.56 Å². The van der Waals surface area contributed by atoms with E-state index in [4.69, 9.17) is 33.2 Å². The van der Waals surface area contributed by atoms with Gasteiger partial charge in [-0.05, 0) is 5.56 Å². The lowest BCUT2D eigenvalue weighted by Gasteiger charge is -2.51. The van der Waals surface area contributed by atoms with Gasteiger partial charge in [0, 0.05) is 6.54 Å². The van der Waals surface area contributed by atoms with Crippen molar-refractivity contribution in [3.63, 3.8) is 0 Å². The van der Waals surface area contributed by atoms with Crippen molar-refractivity contribution in [2.24, 2.45) is 17.8 Å². The molecule has 1 aromatic carbocycles. The maximum absolute atomic E-state index is 14.2. The lowest BCUT2D eigenvalue weighted by Crippen LogP contribution is -2.72. The van der Waals surface area contributed by atoms with Gasteiger partial charge in [-0.15, -0.1) is 0 Å². The van der Waals surface area contributed by atoms with E-state index in [0.717, 1.165) is 54.7 Å². The molecule has 0 aliphatic carbocycles. The van der Waals surface area contributed by atoms with Crippen LogP contribution in [0.15, 0.2) is 41.5 Å². The first-order chi connectivity index (χ1) is 20.5. The number of rotatable bonds is 9. The molecule has 43 heavy (non-hydrogen) atoms. The summed E-state index contributed by atoms with van der Waals surface area (Å²) in [5, 5.41) is 0. The predicted octanol–water partition coefficient (Wildman–Crippen LogP) is -0.650. The number of carbonyl (C=O) groups excluding carboxylic acids is 7. The molecule has 15 nitrogen and oxygen atoms in total. The smallest absolute Gasteiger partial charge is 0.336 e. The van der Waals surface area contributed by atoms with E-state index >= 15 is 0 Å². The fourth-order valence-electron chi connectivity index (χ4n) is 6.34. The Kier molecular flexibility index (Phi) is 9.59. The summed E-state index contributed by atoms with van der Waals surface area (Å²) in [6.45, 7) is -0.505. The molecule has 0 amide bonds. The molecule has 2 bridgehead atoms. The Balaban J connectivity index is 2.84. The largest absolute Gasteiger partial charge is 0.469 e. The second-order valence-corrected chi connectivity index (χ2v) is 9.38. The summed E-state index contributed by atoms with van der Waals surface area (Å²) in [4.78, 5) is 98.1. The number of fused-ring (bicyclic) bond motifs is 2. The van der Waals surface area contributed by atoms with Gasteiger partial charge in [0.15, 0.2) is 11.1 Å². The number of hydrogen-bond donors (Lipinski definition) is 0. The first kappa shape index (κ1) is 32.7. The van der Waals surface area contributed by atoms with E-state index in [9.17, 15) is 33.6 Å². The molecule has 0 radical (unpaired) electrons. The molecule has 2 heterocycles. The maximum atomic E-state index is 14.2. The first-order valence-corrected chi connectivity index (χ1v) is 12.6. The summed E-state index contributed by atoms with van der Waals surface area (Å²) in [6, 6.07) is 8.03. The Labute approximate surface area is 245 Å². The Morgan fingerprint density at radius 2 is 1.14 bits per heavy atom. The zero-order valence-corrected chi connectivity index (χ0v) is 24.5. The van der Waals surface area contributed by atoms with Crippen molar-refractivity contribution in [1.29, 1.82) is 0 Å². The van der Waals surface area contributed by atoms with Crippen LogP contribution < -0.4 is 0 Å². The predicted molar refractivity (Wildman–Crippen MR) is 139 cm³/mol. The fourth-order valence-corrected chi connectivity index (χ4v) is 6.34. The van der Waals surface area contributed by atoms with Crippen LogP contribution in [0.3, 0.4) is 0 Å². The highest BCUT2D eigenvalue weighted by molar-refractivity contribution is 6.17. The second-order valence-electron chi connectivity index (χ2n) is 9.38. The highest BCUT2D eigenvalue weighted by Crippen LogP contribution is 2.63. The molecule has 5 atom stereocenters. The van der Waals surface area contributed by atoms with Crippen LogP contribution in [0, 0.1) is 17.8 Å². The van der Waals surface area contributed by atoms with Crippen molar-refractivity contribution in [1.82, 2.24) is 4.90 Å². The van der Waals surface area contributed by atoms with Gasteiger partial charge in [0.1, 0.15) is 17.8 Å². The number of carbonyl (C=O) groups is 7. The van der Waals surface area contributed by atoms with Gasteiger partial charge in [0.25, 0.3) is 0 Å². The standard InChI is InChI=1S/C28H31NO14/c1-37-20(30)15-16(21(31)38-2)27(25(35)42-6)18(23(33)40-4)19(24(34)41-5)28(26(36)43-7,17(15)22(32)39-3)29(27)13-14-11-9-8-10-12-14/h8-12,16,18-19H,13H2,1-7H3/t16-,18-,19-,27-,28+/m1/s1. The summed E-state index contributed by atoms with van der Waals surface area (Å²) in [5.41, 5.74) is -7.07. The average Bonchev–Trinajstić information content (AvgIpc) is 3.23. The molecule has 0 unspecified atom stereocenters. The summed E-state index contributed by atoms with van der Waals surface area (Å²) in [7, 11) is 6.42. The number of methoxy groups -OCH3 is 7. The van der Waals surface area contributed by atoms with Crippen LogP contribution in [0.2, 0.25) is 0 Å². The van der Waals surface area contributed by atoms with Gasteiger partial charge in [0.05, 0.1) is 60.9 Å². The molecule has 2 aliphatic heterocycles. The molecule has 0 aromatic heterocycles. The van der Waals surface area contributed by atoms with Crippen LogP contribution in [-0.4, -0.2) is 108 Å². The average molecular weight is 606 g/mol. The molecule has 0 N–H and O–H groups in total. The molecule has 3 rings (SSSR count). The quantitative estimate of drug-likeness (QED) is 0.255. The van der Waals surface area contributed by atoms with Crippen LogP contribution in [0.25, 0.3) is 0 Å². The number of hydrogen-bond acceptors (Lipinski definition) is 15. The van der Waals surface area contributed by atoms with Gasteiger partial charge in [-0.3, -0.25) is 19.3 Å². The van der Waals surface area contributed by atoms with Gasteiger partial charge in [-0.1, -0.05) is 30.3 Å². The van der Waals surface area contributed by atoms with Gasteiger partial charge < -0.3 is 33.2 Å². The van der Waals surface area contributed by atoms with E-state index in [1.807, 2.05) is 0 Å². The Morgan fingerprint density at radius 3 is 1.60 bits per heavy atom. The molecule has 1 aromatic rings. The van der Waals surface area contributed by atoms with Crippen LogP contribution in [-0.2, 0) is 73.3 Å². The summed E-state index contributed by atoms with van der Waals surface area (Å²) >= 11 is 0. The van der Waals surface area contributed by atoms with E-state index in [1.54, 1.807) is 30.3 Å². The third-order valence-electron chi connectivity index (χ3n) is 7.84. The molecule has 2 aliphatic rings. The van der Waals surface area contributed by atoms with Gasteiger partial charge in [0.2, 0.25) is 0 Å². The topological polar surface area (TPSA) is 187 Å². The maximum Gasteiger partial charge on any atom is 0.336 e. The molecular formula is C28H31NO14. The third-order valence-corrected chi connectivity index (χ3v) is 7.84. The van der Waals surface area contributed by atoms with E-state index in [0.29, 0.717) is 5.56 Å². The Hall–Kier alpha value is -4.79. The molecule has 232 valence electrons. The summed E-state index contributed by atoms with van der Waals surface area (Å²) < 4.78 is 35.2. The number of esters is 7. The normalized spacial score (nSPS) is 26.1. The van der Waals surface area contributed by atoms with Crippen molar-refractivity contribution in [2.75, 3.05) is 49.8 Å². The van der Waals surface area contributed by atoms with Gasteiger partial charge >= 0.3 is 41.8 Å². The minimum absolute atomic E-state index is 0.368. The molecule has 0 spiro atoms. The molecule has 1 saturated heterocycles. The Morgan fingerprint density at radius 1 is 0.628 bits per heavy atom. The van der Waals surface area contributed by atoms with Crippen LogP contribution in [0.5, 0.6) is 0 Å². The molecule has 1 fully saturated rings. The highest BCUT2D eigenvalue weighted by Gasteiger charge is 2.86. The second kappa shape index (κ2) is 12.6. The summed E-state index contributed by atoms with van der Waals surface area (Å²) in [5.74, 6) is -16.0.